The van der Waals surface area contributed by atoms with Crippen molar-refractivity contribution in [2.75, 3.05) is 44.6 Å². The van der Waals surface area contributed by atoms with Crippen molar-refractivity contribution in [2.45, 2.75) is 13.3 Å². The van der Waals surface area contributed by atoms with Crippen LogP contribution in [-0.4, -0.2) is 65.9 Å². The van der Waals surface area contributed by atoms with E-state index in [4.69, 9.17) is 0 Å². The lowest BCUT2D eigenvalue weighted by Crippen LogP contribution is -2.49. The summed E-state index contributed by atoms with van der Waals surface area (Å²) >= 11 is 1.37. The zero-order chi connectivity index (χ0) is 19.1. The number of hydrogen-bond acceptors (Lipinski definition) is 6. The summed E-state index contributed by atoms with van der Waals surface area (Å²) in [5.41, 5.74) is 1.29. The summed E-state index contributed by atoms with van der Waals surface area (Å²) in [7, 11) is 0. The van der Waals surface area contributed by atoms with E-state index in [1.54, 1.807) is 5.38 Å². The minimum atomic E-state index is -0.254. The number of aromatic nitrogens is 1. The number of thiazole rings is 1. The first-order chi connectivity index (χ1) is 13.2. The number of nitrogens with zero attached hydrogens (tertiary/aromatic N) is 3. The zero-order valence-corrected chi connectivity index (χ0v) is 16.3. The van der Waals surface area contributed by atoms with Crippen molar-refractivity contribution < 1.29 is 9.59 Å². The van der Waals surface area contributed by atoms with Crippen LogP contribution in [0, 0.1) is 0 Å². The summed E-state index contributed by atoms with van der Waals surface area (Å²) in [6, 6.07) is 9.68. The van der Waals surface area contributed by atoms with Crippen LogP contribution in [0.25, 0.3) is 0 Å². The third-order valence-corrected chi connectivity index (χ3v) is 5.32. The second kappa shape index (κ2) is 9.48. The van der Waals surface area contributed by atoms with E-state index in [2.05, 4.69) is 27.4 Å². The predicted molar refractivity (Wildman–Crippen MR) is 107 cm³/mol. The summed E-state index contributed by atoms with van der Waals surface area (Å²) in [6.07, 6.45) is 0.317. The number of rotatable bonds is 7. The molecule has 8 heteroatoms. The minimum Gasteiger partial charge on any atom is -0.350 e. The van der Waals surface area contributed by atoms with E-state index in [0.717, 1.165) is 38.4 Å². The molecule has 2 heterocycles. The van der Waals surface area contributed by atoms with Crippen LogP contribution in [0.4, 0.5) is 10.8 Å². The van der Waals surface area contributed by atoms with Gasteiger partial charge in [-0.1, -0.05) is 25.1 Å². The maximum Gasteiger partial charge on any atom is 0.270 e. The quantitative estimate of drug-likeness (QED) is 0.761. The van der Waals surface area contributed by atoms with Crippen LogP contribution in [0.3, 0.4) is 0 Å². The minimum absolute atomic E-state index is 0.0933. The molecule has 1 aromatic carbocycles. The van der Waals surface area contributed by atoms with E-state index in [-0.39, 0.29) is 11.8 Å². The Balaban J connectivity index is 1.41. The van der Waals surface area contributed by atoms with E-state index >= 15 is 0 Å². The Morgan fingerprint density at radius 3 is 2.59 bits per heavy atom. The lowest BCUT2D eigenvalue weighted by Gasteiger charge is -2.34. The van der Waals surface area contributed by atoms with E-state index < -0.39 is 0 Å². The number of likely N-dealkylation sites (N-methyl/N-ethyl adjacent to an activating group) is 1. The SMILES string of the molecule is CCN1CCN(C(=O)CCNC(=O)c2csc(Nc3ccccc3)n2)CC1. The molecule has 2 amide bonds. The summed E-state index contributed by atoms with van der Waals surface area (Å²) < 4.78 is 0. The van der Waals surface area contributed by atoms with Gasteiger partial charge in [0.2, 0.25) is 5.91 Å². The van der Waals surface area contributed by atoms with Gasteiger partial charge in [0, 0.05) is 50.2 Å². The molecule has 144 valence electrons. The Hall–Kier alpha value is -2.45. The van der Waals surface area contributed by atoms with Crippen molar-refractivity contribution in [3.05, 3.63) is 41.4 Å². The number of piperazine rings is 1. The molecule has 1 aliphatic rings. The fourth-order valence-corrected chi connectivity index (χ4v) is 3.64. The van der Waals surface area contributed by atoms with Gasteiger partial charge in [-0.15, -0.1) is 11.3 Å². The number of carbonyl (C=O) groups excluding carboxylic acids is 2. The lowest BCUT2D eigenvalue weighted by atomic mass is 10.2. The van der Waals surface area contributed by atoms with E-state index in [1.807, 2.05) is 35.2 Å². The molecule has 1 saturated heterocycles. The molecule has 3 rings (SSSR count). The Morgan fingerprint density at radius 1 is 1.15 bits per heavy atom. The number of carbonyl (C=O) groups is 2. The highest BCUT2D eigenvalue weighted by atomic mass is 32.1. The normalized spacial score (nSPS) is 14.8. The molecule has 0 spiro atoms. The topological polar surface area (TPSA) is 77.6 Å². The van der Waals surface area contributed by atoms with E-state index in [0.29, 0.717) is 23.8 Å². The van der Waals surface area contributed by atoms with Gasteiger partial charge in [0.1, 0.15) is 5.69 Å². The predicted octanol–water partition coefficient (Wildman–Crippen LogP) is 2.17. The van der Waals surface area contributed by atoms with E-state index in [1.165, 1.54) is 11.3 Å². The molecule has 2 N–H and O–H groups in total. The largest absolute Gasteiger partial charge is 0.350 e. The van der Waals surface area contributed by atoms with Crippen LogP contribution in [0.2, 0.25) is 0 Å². The van der Waals surface area contributed by atoms with Gasteiger partial charge >= 0.3 is 0 Å². The third kappa shape index (κ3) is 5.51. The summed E-state index contributed by atoms with van der Waals surface area (Å²) in [5.74, 6) is -0.160. The molecule has 0 radical (unpaired) electrons. The number of para-hydroxylation sites is 1. The molecule has 1 aliphatic heterocycles. The van der Waals surface area contributed by atoms with Crippen LogP contribution in [0.1, 0.15) is 23.8 Å². The van der Waals surface area contributed by atoms with Gasteiger partial charge in [0.15, 0.2) is 5.13 Å². The molecule has 7 nitrogen and oxygen atoms in total. The Labute approximate surface area is 163 Å². The number of nitrogens with one attached hydrogen (secondary N) is 2. The second-order valence-corrected chi connectivity index (χ2v) is 7.21. The van der Waals surface area contributed by atoms with Crippen molar-refractivity contribution in [1.82, 2.24) is 20.1 Å². The van der Waals surface area contributed by atoms with Crippen LogP contribution in [-0.2, 0) is 4.79 Å². The fraction of sp³-hybridized carbons (Fsp3) is 0.421. The van der Waals surface area contributed by atoms with Crippen molar-refractivity contribution in [2.24, 2.45) is 0 Å². The standard InChI is InChI=1S/C19H25N5O2S/c1-2-23-10-12-24(13-11-23)17(25)8-9-20-18(26)16-14-27-19(22-16)21-15-6-4-3-5-7-15/h3-7,14H,2,8-13H2,1H3,(H,20,26)(H,21,22). The van der Waals surface area contributed by atoms with Gasteiger partial charge < -0.3 is 20.4 Å². The number of hydrogen-bond donors (Lipinski definition) is 2. The molecule has 0 aliphatic carbocycles. The zero-order valence-electron chi connectivity index (χ0n) is 15.5. The Kier molecular flexibility index (Phi) is 6.78. The molecule has 1 aromatic heterocycles. The first-order valence-electron chi connectivity index (χ1n) is 9.21. The highest BCUT2D eigenvalue weighted by Gasteiger charge is 2.20. The van der Waals surface area contributed by atoms with Crippen LogP contribution in [0.5, 0.6) is 0 Å². The monoisotopic (exact) mass is 387 g/mol. The second-order valence-electron chi connectivity index (χ2n) is 6.35. The average molecular weight is 388 g/mol. The maximum atomic E-state index is 12.3. The molecule has 0 unspecified atom stereocenters. The first kappa shape index (κ1) is 19.3. The molecule has 0 saturated carbocycles. The van der Waals surface area contributed by atoms with Gasteiger partial charge in [-0.3, -0.25) is 9.59 Å². The van der Waals surface area contributed by atoms with Crippen LogP contribution in [0.15, 0.2) is 35.7 Å². The van der Waals surface area contributed by atoms with Gasteiger partial charge in [0.05, 0.1) is 0 Å². The van der Waals surface area contributed by atoms with Gasteiger partial charge in [-0.05, 0) is 18.7 Å². The maximum absolute atomic E-state index is 12.3. The third-order valence-electron chi connectivity index (χ3n) is 4.56. The van der Waals surface area contributed by atoms with Crippen molar-refractivity contribution in [1.29, 1.82) is 0 Å². The van der Waals surface area contributed by atoms with E-state index in [9.17, 15) is 9.59 Å². The molecule has 0 atom stereocenters. The Morgan fingerprint density at radius 2 is 1.89 bits per heavy atom. The molecule has 0 bridgehead atoms. The fourth-order valence-electron chi connectivity index (χ4n) is 2.93. The molecular formula is C19H25N5O2S. The van der Waals surface area contributed by atoms with Crippen LogP contribution < -0.4 is 10.6 Å². The van der Waals surface area contributed by atoms with Gasteiger partial charge in [-0.25, -0.2) is 4.98 Å². The first-order valence-corrected chi connectivity index (χ1v) is 10.1. The molecular weight excluding hydrogens is 362 g/mol. The highest BCUT2D eigenvalue weighted by Crippen LogP contribution is 2.20. The summed E-state index contributed by atoms with van der Waals surface area (Å²) in [6.45, 7) is 6.85. The lowest BCUT2D eigenvalue weighted by molar-refractivity contribution is -0.132. The van der Waals surface area contributed by atoms with Crippen molar-refractivity contribution >= 4 is 34.0 Å². The van der Waals surface area contributed by atoms with Crippen molar-refractivity contribution in [3.8, 4) is 0 Å². The highest BCUT2D eigenvalue weighted by molar-refractivity contribution is 7.14. The number of amides is 2. The van der Waals surface area contributed by atoms with Crippen molar-refractivity contribution in [3.63, 3.8) is 0 Å². The molecule has 1 fully saturated rings. The average Bonchev–Trinajstić information content (AvgIpc) is 3.17. The summed E-state index contributed by atoms with van der Waals surface area (Å²) in [4.78, 5) is 33.0. The smallest absolute Gasteiger partial charge is 0.270 e. The number of benzene rings is 1. The van der Waals surface area contributed by atoms with Gasteiger partial charge in [-0.2, -0.15) is 0 Å². The molecule has 2 aromatic rings. The summed E-state index contributed by atoms with van der Waals surface area (Å²) in [5, 5.41) is 8.33. The number of anilines is 2. The molecule has 27 heavy (non-hydrogen) atoms. The van der Waals surface area contributed by atoms with Crippen LogP contribution >= 0.6 is 11.3 Å². The van der Waals surface area contributed by atoms with Gasteiger partial charge in [0.25, 0.3) is 5.91 Å². The Bertz CT molecular complexity index is 756.